The predicted octanol–water partition coefficient (Wildman–Crippen LogP) is 3.39. The minimum Gasteiger partial charge on any atom is -0.510 e. The number of allylic oxidation sites excluding steroid dienone is 1. The van der Waals surface area contributed by atoms with E-state index in [2.05, 4.69) is 21.0 Å². The van der Waals surface area contributed by atoms with Gasteiger partial charge in [0.05, 0.1) is 22.2 Å². The maximum atomic E-state index is 12.2. The third-order valence-electron chi connectivity index (χ3n) is 4.02. The van der Waals surface area contributed by atoms with Crippen LogP contribution in [0, 0.1) is 36.5 Å². The Morgan fingerprint density at radius 2 is 2.00 bits per heavy atom. The topological polar surface area (TPSA) is 126 Å². The van der Waals surface area contributed by atoms with E-state index in [0.717, 1.165) is 23.0 Å². The number of aromatic nitrogens is 3. The minimum atomic E-state index is -0.392. The molecule has 0 fully saturated rings. The molecule has 1 aromatic carbocycles. The van der Waals surface area contributed by atoms with Gasteiger partial charge in [-0.15, -0.1) is 0 Å². The van der Waals surface area contributed by atoms with Crippen molar-refractivity contribution in [2.24, 2.45) is 0 Å². The first-order valence-corrected chi connectivity index (χ1v) is 9.26. The summed E-state index contributed by atoms with van der Waals surface area (Å²) in [5, 5.41) is 30.2. The van der Waals surface area contributed by atoms with Crippen molar-refractivity contribution in [2.45, 2.75) is 18.9 Å². The highest BCUT2D eigenvalue weighted by Gasteiger charge is 2.15. The molecule has 0 unspecified atom stereocenters. The Balaban J connectivity index is 1.98. The standard InChI is InChI=1S/C20H15N5O2S/c1-11-7-12(2)23-20(14(11)8-21)28-10-17(26)15(9-22)18-24-16-6-4-3-5-13(16)19(27)25-18/h3-7,26H,10H2,1-2H3,(H,24,25,27). The summed E-state index contributed by atoms with van der Waals surface area (Å²) in [7, 11) is 0. The molecule has 28 heavy (non-hydrogen) atoms. The van der Waals surface area contributed by atoms with Gasteiger partial charge >= 0.3 is 0 Å². The van der Waals surface area contributed by atoms with Crippen LogP contribution in [0.1, 0.15) is 22.6 Å². The number of H-pyrrole nitrogens is 1. The predicted molar refractivity (Wildman–Crippen MR) is 107 cm³/mol. The molecule has 0 aliphatic heterocycles. The molecule has 8 heteroatoms. The zero-order valence-corrected chi connectivity index (χ0v) is 16.0. The number of pyridine rings is 1. The second-order valence-corrected chi connectivity index (χ2v) is 6.99. The van der Waals surface area contributed by atoms with Gasteiger partial charge in [-0.05, 0) is 37.6 Å². The van der Waals surface area contributed by atoms with E-state index in [9.17, 15) is 20.4 Å². The number of nitrogens with one attached hydrogen (secondary N) is 1. The first-order valence-electron chi connectivity index (χ1n) is 8.27. The highest BCUT2D eigenvalue weighted by Crippen LogP contribution is 2.26. The zero-order chi connectivity index (χ0) is 20.3. The van der Waals surface area contributed by atoms with Crippen molar-refractivity contribution in [1.29, 1.82) is 10.5 Å². The van der Waals surface area contributed by atoms with E-state index in [-0.39, 0.29) is 22.9 Å². The van der Waals surface area contributed by atoms with Crippen molar-refractivity contribution in [1.82, 2.24) is 15.0 Å². The van der Waals surface area contributed by atoms with Gasteiger partial charge in [-0.3, -0.25) is 4.79 Å². The zero-order valence-electron chi connectivity index (χ0n) is 15.1. The van der Waals surface area contributed by atoms with Gasteiger partial charge < -0.3 is 10.1 Å². The molecule has 2 heterocycles. The van der Waals surface area contributed by atoms with Gasteiger partial charge in [0, 0.05) is 5.69 Å². The molecule has 0 aliphatic carbocycles. The molecule has 0 bridgehead atoms. The maximum Gasteiger partial charge on any atom is 0.259 e. The lowest BCUT2D eigenvalue weighted by Gasteiger charge is -2.08. The number of aryl methyl sites for hydroxylation is 2. The smallest absolute Gasteiger partial charge is 0.259 e. The largest absolute Gasteiger partial charge is 0.510 e. The summed E-state index contributed by atoms with van der Waals surface area (Å²) in [6.45, 7) is 3.63. The van der Waals surface area contributed by atoms with Crippen LogP contribution in [-0.2, 0) is 0 Å². The van der Waals surface area contributed by atoms with Crippen LogP contribution in [0.5, 0.6) is 0 Å². The number of benzene rings is 1. The fourth-order valence-corrected chi connectivity index (χ4v) is 3.69. The lowest BCUT2D eigenvalue weighted by molar-refractivity contribution is 0.420. The van der Waals surface area contributed by atoms with E-state index in [0.29, 0.717) is 21.5 Å². The van der Waals surface area contributed by atoms with Gasteiger partial charge in [-0.1, -0.05) is 23.9 Å². The molecule has 0 saturated carbocycles. The average Bonchev–Trinajstić information content (AvgIpc) is 2.66. The quantitative estimate of drug-likeness (QED) is 0.398. The third-order valence-corrected chi connectivity index (χ3v) is 5.01. The minimum absolute atomic E-state index is 0.00168. The molecule has 0 amide bonds. The van der Waals surface area contributed by atoms with Crippen molar-refractivity contribution in [2.75, 3.05) is 5.75 Å². The van der Waals surface area contributed by atoms with Gasteiger partial charge in [-0.25, -0.2) is 9.97 Å². The third kappa shape index (κ3) is 3.73. The van der Waals surface area contributed by atoms with Crippen LogP contribution in [0.2, 0.25) is 0 Å². The number of hydrogen-bond acceptors (Lipinski definition) is 7. The van der Waals surface area contributed by atoms with Gasteiger partial charge in [0.25, 0.3) is 5.56 Å². The molecule has 2 aromatic heterocycles. The fraction of sp³-hybridized carbons (Fsp3) is 0.150. The van der Waals surface area contributed by atoms with Crippen molar-refractivity contribution >= 4 is 28.2 Å². The lowest BCUT2D eigenvalue weighted by Crippen LogP contribution is -2.12. The molecule has 0 atom stereocenters. The fourth-order valence-electron chi connectivity index (χ4n) is 2.71. The molecule has 2 N–H and O–H groups in total. The average molecular weight is 389 g/mol. The Hall–Kier alpha value is -3.62. The molecule has 0 spiro atoms. The summed E-state index contributed by atoms with van der Waals surface area (Å²) >= 11 is 1.14. The second kappa shape index (κ2) is 7.95. The van der Waals surface area contributed by atoms with E-state index >= 15 is 0 Å². The molecule has 0 radical (unpaired) electrons. The lowest BCUT2D eigenvalue weighted by atomic mass is 10.1. The van der Waals surface area contributed by atoms with Crippen LogP contribution in [0.3, 0.4) is 0 Å². The summed E-state index contributed by atoms with van der Waals surface area (Å²) in [5.41, 5.74) is 1.89. The Morgan fingerprint density at radius 1 is 1.25 bits per heavy atom. The van der Waals surface area contributed by atoms with Crippen LogP contribution in [0.25, 0.3) is 16.5 Å². The SMILES string of the molecule is Cc1cc(C)c(C#N)c(SCC(O)=C(C#N)c2nc3ccccc3c(=O)[nH]2)n1. The molecule has 138 valence electrons. The van der Waals surface area contributed by atoms with Gasteiger partial charge in [0.15, 0.2) is 5.82 Å². The van der Waals surface area contributed by atoms with Crippen LogP contribution in [0.4, 0.5) is 0 Å². The van der Waals surface area contributed by atoms with Crippen LogP contribution < -0.4 is 5.56 Å². The number of nitriles is 2. The first-order chi connectivity index (χ1) is 13.4. The number of aliphatic hydroxyl groups excluding tert-OH is 1. The molecule has 0 saturated heterocycles. The summed E-state index contributed by atoms with van der Waals surface area (Å²) in [4.78, 5) is 23.4. The van der Waals surface area contributed by atoms with E-state index in [4.69, 9.17) is 0 Å². The molecular weight excluding hydrogens is 374 g/mol. The van der Waals surface area contributed by atoms with Crippen LogP contribution in [0.15, 0.2) is 45.9 Å². The summed E-state index contributed by atoms with van der Waals surface area (Å²) < 4.78 is 0. The van der Waals surface area contributed by atoms with E-state index in [1.807, 2.05) is 26.0 Å². The number of rotatable bonds is 4. The number of aromatic amines is 1. The van der Waals surface area contributed by atoms with Crippen molar-refractivity contribution in [3.63, 3.8) is 0 Å². The number of aliphatic hydroxyl groups is 1. The van der Waals surface area contributed by atoms with Gasteiger partial charge in [0.2, 0.25) is 0 Å². The summed E-state index contributed by atoms with van der Waals surface area (Å²) in [5.74, 6) is -0.252. The number of hydrogen-bond donors (Lipinski definition) is 2. The normalized spacial score (nSPS) is 11.6. The van der Waals surface area contributed by atoms with Crippen molar-refractivity contribution < 1.29 is 5.11 Å². The highest BCUT2D eigenvalue weighted by atomic mass is 32.2. The van der Waals surface area contributed by atoms with Crippen LogP contribution >= 0.6 is 11.8 Å². The molecule has 0 aliphatic rings. The first kappa shape index (κ1) is 19.2. The number of nitrogens with zero attached hydrogens (tertiary/aromatic N) is 4. The van der Waals surface area contributed by atoms with E-state index in [1.54, 1.807) is 24.3 Å². The number of fused-ring (bicyclic) bond motifs is 1. The van der Waals surface area contributed by atoms with Crippen molar-refractivity contribution in [3.05, 3.63) is 69.1 Å². The molecule has 3 aromatic rings. The Morgan fingerprint density at radius 3 is 2.71 bits per heavy atom. The summed E-state index contributed by atoms with van der Waals surface area (Å²) in [6, 6.07) is 12.6. The maximum absolute atomic E-state index is 12.2. The number of para-hydroxylation sites is 1. The second-order valence-electron chi connectivity index (χ2n) is 6.03. The summed E-state index contributed by atoms with van der Waals surface area (Å²) in [6.07, 6.45) is 0. The van der Waals surface area contributed by atoms with Crippen molar-refractivity contribution in [3.8, 4) is 12.1 Å². The Kier molecular flexibility index (Phi) is 5.44. The molecular formula is C20H15N5O2S. The van der Waals surface area contributed by atoms with E-state index < -0.39 is 5.56 Å². The van der Waals surface area contributed by atoms with Gasteiger partial charge in [-0.2, -0.15) is 10.5 Å². The van der Waals surface area contributed by atoms with Gasteiger partial charge in [0.1, 0.15) is 28.5 Å². The van der Waals surface area contributed by atoms with E-state index in [1.165, 1.54) is 0 Å². The molecule has 7 nitrogen and oxygen atoms in total. The van der Waals surface area contributed by atoms with Crippen LogP contribution in [-0.4, -0.2) is 25.8 Å². The number of thioether (sulfide) groups is 1. The highest BCUT2D eigenvalue weighted by molar-refractivity contribution is 7.99. The molecule has 3 rings (SSSR count). The monoisotopic (exact) mass is 389 g/mol. The Labute approximate surface area is 165 Å². The Bertz CT molecular complexity index is 1250.